The van der Waals surface area contributed by atoms with Gasteiger partial charge in [0.1, 0.15) is 17.7 Å². The van der Waals surface area contributed by atoms with E-state index in [-0.39, 0.29) is 11.5 Å². The SMILES string of the molecule is N#Cc1nccnc1N1CCC(CNC(=O)c2ccc(F)cc2F)CC1. The Bertz CT molecular complexity index is 844. The molecule has 26 heavy (non-hydrogen) atoms. The number of hydrogen-bond acceptors (Lipinski definition) is 5. The zero-order valence-corrected chi connectivity index (χ0v) is 14.0. The van der Waals surface area contributed by atoms with Gasteiger partial charge in [0.15, 0.2) is 11.5 Å². The van der Waals surface area contributed by atoms with Crippen LogP contribution in [0, 0.1) is 28.9 Å². The predicted octanol–water partition coefficient (Wildman–Crippen LogP) is 2.27. The maximum absolute atomic E-state index is 13.6. The highest BCUT2D eigenvalue weighted by atomic mass is 19.1. The lowest BCUT2D eigenvalue weighted by atomic mass is 9.96. The Kier molecular flexibility index (Phi) is 5.37. The number of halogens is 2. The third-order valence-electron chi connectivity index (χ3n) is 4.43. The van der Waals surface area contributed by atoms with Crippen molar-refractivity contribution in [2.45, 2.75) is 12.8 Å². The summed E-state index contributed by atoms with van der Waals surface area (Å²) in [4.78, 5) is 22.3. The van der Waals surface area contributed by atoms with Crippen LogP contribution in [0.4, 0.5) is 14.6 Å². The maximum Gasteiger partial charge on any atom is 0.254 e. The highest BCUT2D eigenvalue weighted by molar-refractivity contribution is 5.94. The van der Waals surface area contributed by atoms with Crippen molar-refractivity contribution in [3.63, 3.8) is 0 Å². The van der Waals surface area contributed by atoms with Gasteiger partial charge in [-0.25, -0.2) is 18.7 Å². The molecular weight excluding hydrogens is 340 g/mol. The molecular formula is C18H17F2N5O. The molecule has 0 saturated carbocycles. The van der Waals surface area contributed by atoms with Crippen molar-refractivity contribution in [1.82, 2.24) is 15.3 Å². The largest absolute Gasteiger partial charge is 0.354 e. The first kappa shape index (κ1) is 17.7. The quantitative estimate of drug-likeness (QED) is 0.908. The third-order valence-corrected chi connectivity index (χ3v) is 4.43. The normalized spacial score (nSPS) is 14.7. The van der Waals surface area contributed by atoms with E-state index < -0.39 is 17.5 Å². The summed E-state index contributed by atoms with van der Waals surface area (Å²) in [6.45, 7) is 1.80. The zero-order chi connectivity index (χ0) is 18.5. The first-order valence-electron chi connectivity index (χ1n) is 8.28. The molecule has 1 aliphatic rings. The Morgan fingerprint density at radius 2 is 2.00 bits per heavy atom. The molecule has 0 atom stereocenters. The average Bonchev–Trinajstić information content (AvgIpc) is 2.66. The molecule has 8 heteroatoms. The van der Waals surface area contributed by atoms with E-state index in [0.717, 1.165) is 25.0 Å². The molecule has 1 saturated heterocycles. The van der Waals surface area contributed by atoms with E-state index >= 15 is 0 Å². The molecule has 1 N–H and O–H groups in total. The first-order valence-corrected chi connectivity index (χ1v) is 8.28. The zero-order valence-electron chi connectivity index (χ0n) is 14.0. The van der Waals surface area contributed by atoms with Gasteiger partial charge in [-0.1, -0.05) is 0 Å². The molecule has 0 unspecified atom stereocenters. The number of anilines is 1. The van der Waals surface area contributed by atoms with Crippen LogP contribution in [0.25, 0.3) is 0 Å². The molecule has 0 aliphatic carbocycles. The Hall–Kier alpha value is -3.08. The number of hydrogen-bond donors (Lipinski definition) is 1. The van der Waals surface area contributed by atoms with Gasteiger partial charge in [-0.05, 0) is 30.9 Å². The van der Waals surface area contributed by atoms with E-state index in [2.05, 4.69) is 15.3 Å². The standard InChI is InChI=1S/C18H17F2N5O/c19-13-1-2-14(15(20)9-13)18(26)24-11-12-3-7-25(8-4-12)17-16(10-21)22-5-6-23-17/h1-2,5-6,9,12H,3-4,7-8,11H2,(H,24,26). The minimum absolute atomic E-state index is 0.165. The van der Waals surface area contributed by atoms with Crippen LogP contribution in [0.3, 0.4) is 0 Å². The second kappa shape index (κ2) is 7.87. The molecule has 1 aromatic carbocycles. The van der Waals surface area contributed by atoms with Gasteiger partial charge >= 0.3 is 0 Å². The molecule has 6 nitrogen and oxygen atoms in total. The van der Waals surface area contributed by atoms with Crippen LogP contribution in [-0.4, -0.2) is 35.5 Å². The van der Waals surface area contributed by atoms with Crippen LogP contribution in [0.1, 0.15) is 28.9 Å². The van der Waals surface area contributed by atoms with E-state index in [9.17, 15) is 13.6 Å². The second-order valence-electron chi connectivity index (χ2n) is 6.10. The predicted molar refractivity (Wildman–Crippen MR) is 90.4 cm³/mol. The van der Waals surface area contributed by atoms with Crippen molar-refractivity contribution in [1.29, 1.82) is 5.26 Å². The molecule has 1 aliphatic heterocycles. The van der Waals surface area contributed by atoms with Crippen molar-refractivity contribution in [3.8, 4) is 6.07 Å². The van der Waals surface area contributed by atoms with Gasteiger partial charge in [0.05, 0.1) is 5.56 Å². The van der Waals surface area contributed by atoms with E-state index in [1.54, 1.807) is 6.20 Å². The lowest BCUT2D eigenvalue weighted by Gasteiger charge is -2.32. The fourth-order valence-corrected chi connectivity index (χ4v) is 3.00. The Labute approximate surface area is 149 Å². The fraction of sp³-hybridized carbons (Fsp3) is 0.333. The number of benzene rings is 1. The highest BCUT2D eigenvalue weighted by Crippen LogP contribution is 2.23. The molecule has 1 aromatic heterocycles. The molecule has 0 spiro atoms. The summed E-state index contributed by atoms with van der Waals surface area (Å²) in [5, 5.41) is 11.8. The lowest BCUT2D eigenvalue weighted by Crippen LogP contribution is -2.39. The van der Waals surface area contributed by atoms with Gasteiger partial charge in [-0.2, -0.15) is 5.26 Å². The summed E-state index contributed by atoms with van der Waals surface area (Å²) >= 11 is 0. The van der Waals surface area contributed by atoms with Crippen LogP contribution in [0.15, 0.2) is 30.6 Å². The van der Waals surface area contributed by atoms with Gasteiger partial charge in [0.2, 0.25) is 0 Å². The summed E-state index contributed by atoms with van der Waals surface area (Å²) in [6.07, 6.45) is 4.64. The summed E-state index contributed by atoms with van der Waals surface area (Å²) in [5.74, 6) is -1.33. The van der Waals surface area contributed by atoms with Crippen LogP contribution in [-0.2, 0) is 0 Å². The number of aromatic nitrogens is 2. The molecule has 2 heterocycles. The number of carbonyl (C=O) groups excluding carboxylic acids is 1. The fourth-order valence-electron chi connectivity index (χ4n) is 3.00. The van der Waals surface area contributed by atoms with Gasteiger partial charge in [0.25, 0.3) is 5.91 Å². The smallest absolute Gasteiger partial charge is 0.254 e. The molecule has 0 bridgehead atoms. The van der Waals surface area contributed by atoms with Gasteiger partial charge in [-0.15, -0.1) is 0 Å². The number of nitrogens with zero attached hydrogens (tertiary/aromatic N) is 4. The summed E-state index contributed by atoms with van der Waals surface area (Å²) in [5.41, 5.74) is 0.132. The average molecular weight is 357 g/mol. The molecule has 134 valence electrons. The summed E-state index contributed by atoms with van der Waals surface area (Å²) in [7, 11) is 0. The van der Waals surface area contributed by atoms with Gasteiger partial charge in [-0.3, -0.25) is 4.79 Å². The lowest BCUT2D eigenvalue weighted by molar-refractivity contribution is 0.0940. The number of piperidine rings is 1. The number of rotatable bonds is 4. The van der Waals surface area contributed by atoms with Crippen molar-refractivity contribution in [2.75, 3.05) is 24.5 Å². The number of nitriles is 1. The monoisotopic (exact) mass is 357 g/mol. The van der Waals surface area contributed by atoms with E-state index in [4.69, 9.17) is 5.26 Å². The van der Waals surface area contributed by atoms with Gasteiger partial charge < -0.3 is 10.2 Å². The van der Waals surface area contributed by atoms with Crippen molar-refractivity contribution in [2.24, 2.45) is 5.92 Å². The molecule has 1 fully saturated rings. The second-order valence-corrected chi connectivity index (χ2v) is 6.10. The van der Waals surface area contributed by atoms with Crippen molar-refractivity contribution in [3.05, 3.63) is 53.5 Å². The van der Waals surface area contributed by atoms with E-state index in [1.165, 1.54) is 6.20 Å². The Balaban J connectivity index is 1.53. The Morgan fingerprint density at radius 3 is 2.69 bits per heavy atom. The number of nitrogens with one attached hydrogen (secondary N) is 1. The van der Waals surface area contributed by atoms with Crippen molar-refractivity contribution < 1.29 is 13.6 Å². The number of carbonyl (C=O) groups is 1. The minimum atomic E-state index is -0.871. The number of amides is 1. The van der Waals surface area contributed by atoms with Crippen molar-refractivity contribution >= 4 is 11.7 Å². The molecule has 3 rings (SSSR count). The van der Waals surface area contributed by atoms with E-state index in [0.29, 0.717) is 37.2 Å². The topological polar surface area (TPSA) is 81.9 Å². The van der Waals surface area contributed by atoms with Crippen LogP contribution in [0.5, 0.6) is 0 Å². The van der Waals surface area contributed by atoms with Crippen LogP contribution < -0.4 is 10.2 Å². The molecule has 2 aromatic rings. The molecule has 1 amide bonds. The van der Waals surface area contributed by atoms with E-state index in [1.807, 2.05) is 11.0 Å². The highest BCUT2D eigenvalue weighted by Gasteiger charge is 2.23. The van der Waals surface area contributed by atoms with Crippen LogP contribution >= 0.6 is 0 Å². The van der Waals surface area contributed by atoms with Crippen LogP contribution in [0.2, 0.25) is 0 Å². The summed E-state index contributed by atoms with van der Waals surface area (Å²) in [6, 6.07) is 4.93. The summed E-state index contributed by atoms with van der Waals surface area (Å²) < 4.78 is 26.5. The third kappa shape index (κ3) is 3.94. The van der Waals surface area contributed by atoms with Gasteiger partial charge in [0, 0.05) is 38.1 Å². The minimum Gasteiger partial charge on any atom is -0.354 e. The molecule has 0 radical (unpaired) electrons. The Morgan fingerprint density at radius 1 is 1.27 bits per heavy atom. The maximum atomic E-state index is 13.6. The first-order chi connectivity index (χ1) is 12.6.